The molecule has 0 saturated carbocycles. The van der Waals surface area contributed by atoms with Gasteiger partial charge in [-0.25, -0.2) is 0 Å². The molecule has 1 atom stereocenters. The van der Waals surface area contributed by atoms with Gasteiger partial charge in [0.25, 0.3) is 0 Å². The molecule has 0 aromatic carbocycles. The summed E-state index contributed by atoms with van der Waals surface area (Å²) in [5.74, 6) is 2.19. The van der Waals surface area contributed by atoms with E-state index in [0.717, 1.165) is 6.42 Å². The van der Waals surface area contributed by atoms with Gasteiger partial charge in [0.2, 0.25) is 5.91 Å². The molecule has 0 aliphatic carbocycles. The van der Waals surface area contributed by atoms with Crippen LogP contribution >= 0.6 is 11.3 Å². The molecule has 1 rings (SSSR count). The Morgan fingerprint density at radius 1 is 1.75 bits per heavy atom. The van der Waals surface area contributed by atoms with Gasteiger partial charge in [-0.2, -0.15) is 0 Å². The van der Waals surface area contributed by atoms with Gasteiger partial charge in [0.1, 0.15) is 0 Å². The van der Waals surface area contributed by atoms with Crippen LogP contribution < -0.4 is 11.1 Å². The Morgan fingerprint density at radius 2 is 2.50 bits per heavy atom. The summed E-state index contributed by atoms with van der Waals surface area (Å²) in [6.45, 7) is 2.63. The van der Waals surface area contributed by atoms with Gasteiger partial charge in [-0.15, -0.1) is 23.7 Å². The molecule has 0 radical (unpaired) electrons. The standard InChI is InChI=1S/C12H16N2OS/c1-3-5-10(13)12(15)14-8-11-9(4-2)6-7-16-11/h1,6-7,10H,4-5,8,13H2,2H3,(H,14,15). The number of terminal acetylenes is 1. The molecule has 0 aliphatic heterocycles. The summed E-state index contributed by atoms with van der Waals surface area (Å²) < 4.78 is 0. The second-order valence-corrected chi connectivity index (χ2v) is 4.46. The van der Waals surface area contributed by atoms with Gasteiger partial charge in [-0.3, -0.25) is 4.79 Å². The zero-order valence-corrected chi connectivity index (χ0v) is 10.1. The lowest BCUT2D eigenvalue weighted by molar-refractivity contribution is -0.122. The normalized spacial score (nSPS) is 11.8. The molecule has 3 nitrogen and oxygen atoms in total. The predicted molar refractivity (Wildman–Crippen MR) is 67.0 cm³/mol. The molecule has 0 spiro atoms. The highest BCUT2D eigenvalue weighted by atomic mass is 32.1. The summed E-state index contributed by atoms with van der Waals surface area (Å²) in [6.07, 6.45) is 6.35. The molecule has 3 N–H and O–H groups in total. The number of hydrogen-bond acceptors (Lipinski definition) is 3. The van der Waals surface area contributed by atoms with Crippen LogP contribution in [-0.2, 0) is 17.8 Å². The number of nitrogens with one attached hydrogen (secondary N) is 1. The van der Waals surface area contributed by atoms with Crippen molar-refractivity contribution in [3.8, 4) is 12.3 Å². The van der Waals surface area contributed by atoms with E-state index in [4.69, 9.17) is 12.2 Å². The molecule has 0 fully saturated rings. The minimum absolute atomic E-state index is 0.187. The Bertz CT molecular complexity index is 392. The van der Waals surface area contributed by atoms with E-state index >= 15 is 0 Å². The van der Waals surface area contributed by atoms with Crippen molar-refractivity contribution < 1.29 is 4.79 Å². The minimum atomic E-state index is -0.602. The second-order valence-electron chi connectivity index (χ2n) is 3.46. The van der Waals surface area contributed by atoms with Gasteiger partial charge in [0, 0.05) is 11.3 Å². The van der Waals surface area contributed by atoms with E-state index in [9.17, 15) is 4.79 Å². The minimum Gasteiger partial charge on any atom is -0.350 e. The van der Waals surface area contributed by atoms with Crippen LogP contribution in [0.5, 0.6) is 0 Å². The maximum atomic E-state index is 11.5. The molecule has 4 heteroatoms. The van der Waals surface area contributed by atoms with Crippen molar-refractivity contribution in [1.29, 1.82) is 0 Å². The first-order valence-electron chi connectivity index (χ1n) is 5.21. The molecular weight excluding hydrogens is 220 g/mol. The third-order valence-corrected chi connectivity index (χ3v) is 3.28. The molecule has 0 aliphatic rings. The Kier molecular flexibility index (Phi) is 5.03. The van der Waals surface area contributed by atoms with Gasteiger partial charge >= 0.3 is 0 Å². The van der Waals surface area contributed by atoms with Crippen LogP contribution in [0.4, 0.5) is 0 Å². The number of rotatable bonds is 5. The molecule has 1 amide bonds. The van der Waals surface area contributed by atoms with Gasteiger partial charge in [-0.1, -0.05) is 6.92 Å². The summed E-state index contributed by atoms with van der Waals surface area (Å²) in [4.78, 5) is 12.7. The average molecular weight is 236 g/mol. The summed E-state index contributed by atoms with van der Waals surface area (Å²) in [5, 5.41) is 4.82. The van der Waals surface area contributed by atoms with Crippen LogP contribution in [0.2, 0.25) is 0 Å². The fourth-order valence-corrected chi connectivity index (χ4v) is 2.27. The van der Waals surface area contributed by atoms with Crippen molar-refractivity contribution in [2.24, 2.45) is 5.73 Å². The molecule has 86 valence electrons. The number of aryl methyl sites for hydroxylation is 1. The topological polar surface area (TPSA) is 55.1 Å². The number of hydrogen-bond donors (Lipinski definition) is 2. The highest BCUT2D eigenvalue weighted by molar-refractivity contribution is 7.10. The predicted octanol–water partition coefficient (Wildman–Crippen LogP) is 1.28. The van der Waals surface area contributed by atoms with Crippen molar-refractivity contribution in [2.75, 3.05) is 0 Å². The van der Waals surface area contributed by atoms with E-state index in [1.54, 1.807) is 11.3 Å². The lowest BCUT2D eigenvalue weighted by Crippen LogP contribution is -2.39. The monoisotopic (exact) mass is 236 g/mol. The molecular formula is C12H16N2OS. The van der Waals surface area contributed by atoms with Crippen LogP contribution in [0.15, 0.2) is 11.4 Å². The van der Waals surface area contributed by atoms with E-state index in [0.29, 0.717) is 6.54 Å². The Morgan fingerprint density at radius 3 is 3.12 bits per heavy atom. The van der Waals surface area contributed by atoms with E-state index in [-0.39, 0.29) is 12.3 Å². The van der Waals surface area contributed by atoms with Crippen LogP contribution in [0, 0.1) is 12.3 Å². The van der Waals surface area contributed by atoms with Crippen LogP contribution in [-0.4, -0.2) is 11.9 Å². The highest BCUT2D eigenvalue weighted by Crippen LogP contribution is 2.16. The van der Waals surface area contributed by atoms with Crippen LogP contribution in [0.3, 0.4) is 0 Å². The lowest BCUT2D eigenvalue weighted by atomic mass is 10.2. The smallest absolute Gasteiger partial charge is 0.238 e. The highest BCUT2D eigenvalue weighted by Gasteiger charge is 2.12. The summed E-state index contributed by atoms with van der Waals surface area (Å²) >= 11 is 1.65. The Labute approximate surface area is 100 Å². The van der Waals surface area contributed by atoms with Gasteiger partial charge in [0.15, 0.2) is 0 Å². The number of carbonyl (C=O) groups excluding carboxylic acids is 1. The molecule has 0 bridgehead atoms. The number of carbonyl (C=O) groups is 1. The number of amides is 1. The fourth-order valence-electron chi connectivity index (χ4n) is 1.36. The number of nitrogens with two attached hydrogens (primary N) is 1. The van der Waals surface area contributed by atoms with E-state index in [2.05, 4.69) is 24.2 Å². The van der Waals surface area contributed by atoms with E-state index < -0.39 is 6.04 Å². The molecule has 1 unspecified atom stereocenters. The average Bonchev–Trinajstić information content (AvgIpc) is 2.73. The summed E-state index contributed by atoms with van der Waals surface area (Å²) in [5.41, 5.74) is 6.86. The van der Waals surface area contributed by atoms with Crippen molar-refractivity contribution in [2.45, 2.75) is 32.4 Å². The zero-order valence-electron chi connectivity index (χ0n) is 9.32. The van der Waals surface area contributed by atoms with Crippen molar-refractivity contribution in [3.05, 3.63) is 21.9 Å². The Hall–Kier alpha value is -1.31. The van der Waals surface area contributed by atoms with Gasteiger partial charge in [-0.05, 0) is 23.4 Å². The van der Waals surface area contributed by atoms with Crippen LogP contribution in [0.1, 0.15) is 23.8 Å². The second kappa shape index (κ2) is 6.31. The molecule has 1 aromatic rings. The van der Waals surface area contributed by atoms with Crippen molar-refractivity contribution in [3.63, 3.8) is 0 Å². The van der Waals surface area contributed by atoms with Gasteiger partial charge < -0.3 is 11.1 Å². The molecule has 1 aromatic heterocycles. The van der Waals surface area contributed by atoms with Gasteiger partial charge in [0.05, 0.1) is 12.6 Å². The van der Waals surface area contributed by atoms with Crippen molar-refractivity contribution in [1.82, 2.24) is 5.32 Å². The maximum absolute atomic E-state index is 11.5. The first kappa shape index (κ1) is 12.8. The lowest BCUT2D eigenvalue weighted by Gasteiger charge is -2.09. The van der Waals surface area contributed by atoms with Crippen molar-refractivity contribution >= 4 is 17.2 Å². The first-order valence-corrected chi connectivity index (χ1v) is 6.09. The van der Waals surface area contributed by atoms with E-state index in [1.165, 1.54) is 10.4 Å². The third-order valence-electron chi connectivity index (χ3n) is 2.32. The zero-order chi connectivity index (χ0) is 12.0. The summed E-state index contributed by atoms with van der Waals surface area (Å²) in [7, 11) is 0. The summed E-state index contributed by atoms with van der Waals surface area (Å²) in [6, 6.07) is 1.48. The molecule has 1 heterocycles. The molecule has 16 heavy (non-hydrogen) atoms. The fraction of sp³-hybridized carbons (Fsp3) is 0.417. The molecule has 0 saturated heterocycles. The largest absolute Gasteiger partial charge is 0.350 e. The SMILES string of the molecule is C#CCC(N)C(=O)NCc1sccc1CC. The quantitative estimate of drug-likeness (QED) is 0.757. The number of thiophene rings is 1. The van der Waals surface area contributed by atoms with E-state index in [1.807, 2.05) is 5.38 Å². The first-order chi connectivity index (χ1) is 7.69. The third kappa shape index (κ3) is 3.37. The Balaban J connectivity index is 2.46. The maximum Gasteiger partial charge on any atom is 0.238 e. The van der Waals surface area contributed by atoms with Crippen LogP contribution in [0.25, 0.3) is 0 Å².